The van der Waals surface area contributed by atoms with Gasteiger partial charge in [0.1, 0.15) is 12.3 Å². The molecule has 4 aromatic rings. The lowest BCUT2D eigenvalue weighted by Crippen LogP contribution is -2.51. The average Bonchev–Trinajstić information content (AvgIpc) is 3.61. The second-order valence-corrected chi connectivity index (χ2v) is 12.0. The molecule has 4 aromatic heterocycles. The number of nitrogens with zero attached hydrogens (tertiary/aromatic N) is 5. The minimum Gasteiger partial charge on any atom is -0.390 e. The van der Waals surface area contributed by atoms with E-state index >= 15 is 0 Å². The number of fused-ring (bicyclic) bond motifs is 1. The van der Waals surface area contributed by atoms with E-state index in [1.807, 2.05) is 31.3 Å². The van der Waals surface area contributed by atoms with Gasteiger partial charge >= 0.3 is 0 Å². The topological polar surface area (TPSA) is 156 Å². The number of aliphatic hydroxyl groups excluding tert-OH is 1. The van der Waals surface area contributed by atoms with E-state index in [1.54, 1.807) is 29.0 Å². The third-order valence-electron chi connectivity index (χ3n) is 8.16. The zero-order valence-electron chi connectivity index (χ0n) is 24.3. The Labute approximate surface area is 259 Å². The fourth-order valence-corrected chi connectivity index (χ4v) is 5.71. The van der Waals surface area contributed by atoms with Crippen molar-refractivity contribution in [2.75, 3.05) is 11.9 Å². The highest BCUT2D eigenvalue weighted by atomic mass is 35.5. The van der Waals surface area contributed by atoms with Crippen LogP contribution >= 0.6 is 11.6 Å². The van der Waals surface area contributed by atoms with E-state index in [2.05, 4.69) is 36.0 Å². The number of hydrogen-bond acceptors (Lipinski definition) is 9. The summed E-state index contributed by atoms with van der Waals surface area (Å²) in [6, 6.07) is 9.19. The molecule has 6 rings (SSSR count). The van der Waals surface area contributed by atoms with Crippen molar-refractivity contribution in [1.82, 2.24) is 35.2 Å². The Morgan fingerprint density at radius 3 is 2.64 bits per heavy atom. The number of amides is 2. The van der Waals surface area contributed by atoms with Gasteiger partial charge in [0.25, 0.3) is 5.91 Å². The molecule has 2 fully saturated rings. The molecular weight excluding hydrogens is 584 g/mol. The Balaban J connectivity index is 0.955. The third-order valence-corrected chi connectivity index (χ3v) is 8.38. The van der Waals surface area contributed by atoms with Crippen molar-refractivity contribution in [3.05, 3.63) is 71.7 Å². The number of rotatable bonds is 11. The molecule has 2 aliphatic rings. The smallest absolute Gasteiger partial charge is 0.269 e. The lowest BCUT2D eigenvalue weighted by atomic mass is 9.79. The van der Waals surface area contributed by atoms with Crippen LogP contribution in [0, 0.1) is 5.92 Å². The first-order valence-electron chi connectivity index (χ1n) is 14.9. The maximum absolute atomic E-state index is 12.9. The van der Waals surface area contributed by atoms with E-state index in [-0.39, 0.29) is 42.5 Å². The second-order valence-electron chi connectivity index (χ2n) is 11.5. The van der Waals surface area contributed by atoms with Gasteiger partial charge in [0, 0.05) is 61.0 Å². The fraction of sp³-hybridized carbons (Fsp3) is 0.419. The summed E-state index contributed by atoms with van der Waals surface area (Å²) in [6.07, 6.45) is 10.3. The van der Waals surface area contributed by atoms with Crippen LogP contribution in [0.2, 0.25) is 5.02 Å². The minimum absolute atomic E-state index is 0.0359. The van der Waals surface area contributed by atoms with E-state index in [9.17, 15) is 14.7 Å². The van der Waals surface area contributed by atoms with Gasteiger partial charge in [-0.2, -0.15) is 5.10 Å². The molecule has 4 N–H and O–H groups in total. The first kappa shape index (κ1) is 30.1. The summed E-state index contributed by atoms with van der Waals surface area (Å²) >= 11 is 5.83. The molecule has 0 aliphatic heterocycles. The molecule has 2 saturated carbocycles. The number of pyridine rings is 2. The van der Waals surface area contributed by atoms with Gasteiger partial charge in [-0.1, -0.05) is 11.6 Å². The van der Waals surface area contributed by atoms with Crippen LogP contribution < -0.4 is 16.0 Å². The maximum atomic E-state index is 12.9. The molecule has 0 saturated heterocycles. The van der Waals surface area contributed by atoms with Crippen LogP contribution in [0.25, 0.3) is 16.6 Å². The standard InChI is InChI=1S/C31H35ClN8O4/c1-18(13-36-31(43)25-6-5-22(32)16-33-25)37-23-9-20(10-23)30(42)38-28-12-24-11-19(7-8-40(24)39-28)21-14-34-29(35-15-21)17-44-27-4-2-3-26(27)41/h5-8,11-12,14-16,18,20,23,26-27,37,41H,2-4,9-10,13,17H2,1H3,(H,36,43)(H,38,39,42)/t18-,20-,23+,26-,27-/m0/s1. The summed E-state index contributed by atoms with van der Waals surface area (Å²) in [7, 11) is 0. The van der Waals surface area contributed by atoms with E-state index in [1.165, 1.54) is 6.20 Å². The second kappa shape index (κ2) is 13.3. The van der Waals surface area contributed by atoms with Gasteiger partial charge in [-0.3, -0.25) is 9.59 Å². The third kappa shape index (κ3) is 7.21. The molecule has 230 valence electrons. The summed E-state index contributed by atoms with van der Waals surface area (Å²) in [6.45, 7) is 2.70. The fourth-order valence-electron chi connectivity index (χ4n) is 5.60. The molecule has 2 aliphatic carbocycles. The highest BCUT2D eigenvalue weighted by molar-refractivity contribution is 6.30. The van der Waals surface area contributed by atoms with Crippen LogP contribution in [0.5, 0.6) is 0 Å². The van der Waals surface area contributed by atoms with E-state index in [0.717, 1.165) is 35.9 Å². The first-order chi connectivity index (χ1) is 21.3. The number of nitrogens with one attached hydrogen (secondary N) is 3. The largest absolute Gasteiger partial charge is 0.390 e. The number of carbonyl (C=O) groups is 2. The van der Waals surface area contributed by atoms with Gasteiger partial charge in [0.2, 0.25) is 5.91 Å². The van der Waals surface area contributed by atoms with Crippen LogP contribution in [-0.2, 0) is 16.1 Å². The van der Waals surface area contributed by atoms with E-state index in [0.29, 0.717) is 41.7 Å². The van der Waals surface area contributed by atoms with Gasteiger partial charge in [-0.05, 0) is 68.9 Å². The Morgan fingerprint density at radius 1 is 1.09 bits per heavy atom. The molecule has 2 amide bonds. The zero-order chi connectivity index (χ0) is 30.6. The van der Waals surface area contributed by atoms with Gasteiger partial charge < -0.3 is 25.8 Å². The first-order valence-corrected chi connectivity index (χ1v) is 15.3. The number of aromatic nitrogens is 5. The molecule has 13 heteroatoms. The van der Waals surface area contributed by atoms with Crippen molar-refractivity contribution < 1.29 is 19.4 Å². The molecule has 0 spiro atoms. The molecule has 0 unspecified atom stereocenters. The number of anilines is 1. The van der Waals surface area contributed by atoms with Crippen LogP contribution in [0.4, 0.5) is 5.82 Å². The van der Waals surface area contributed by atoms with E-state index in [4.69, 9.17) is 16.3 Å². The summed E-state index contributed by atoms with van der Waals surface area (Å²) in [4.78, 5) is 38.0. The molecule has 0 bridgehead atoms. The zero-order valence-corrected chi connectivity index (χ0v) is 25.1. The minimum atomic E-state index is -0.407. The Morgan fingerprint density at radius 2 is 1.91 bits per heavy atom. The van der Waals surface area contributed by atoms with Crippen LogP contribution in [-0.4, -0.2) is 72.3 Å². The van der Waals surface area contributed by atoms with Crippen LogP contribution in [0.3, 0.4) is 0 Å². The van der Waals surface area contributed by atoms with Gasteiger partial charge in [-0.25, -0.2) is 19.5 Å². The van der Waals surface area contributed by atoms with Crippen molar-refractivity contribution in [3.8, 4) is 11.1 Å². The van der Waals surface area contributed by atoms with Crippen molar-refractivity contribution in [1.29, 1.82) is 0 Å². The van der Waals surface area contributed by atoms with Crippen molar-refractivity contribution in [3.63, 3.8) is 0 Å². The average molecular weight is 619 g/mol. The summed E-state index contributed by atoms with van der Waals surface area (Å²) in [5.74, 6) is 0.648. The summed E-state index contributed by atoms with van der Waals surface area (Å²) in [5.41, 5.74) is 2.93. The lowest BCUT2D eigenvalue weighted by molar-refractivity contribution is -0.123. The summed E-state index contributed by atoms with van der Waals surface area (Å²) in [5, 5.41) is 24.2. The molecule has 0 radical (unpaired) electrons. The van der Waals surface area contributed by atoms with Gasteiger partial charge in [0.15, 0.2) is 11.6 Å². The molecule has 3 atom stereocenters. The maximum Gasteiger partial charge on any atom is 0.269 e. The van der Waals surface area contributed by atoms with Crippen molar-refractivity contribution in [2.24, 2.45) is 5.92 Å². The Hall–Kier alpha value is -3.97. The van der Waals surface area contributed by atoms with Crippen molar-refractivity contribution >= 4 is 34.7 Å². The number of ether oxygens (including phenoxy) is 1. The molecule has 0 aromatic carbocycles. The van der Waals surface area contributed by atoms with Gasteiger partial charge in [0.05, 0.1) is 22.7 Å². The quantitative estimate of drug-likeness (QED) is 0.198. The van der Waals surface area contributed by atoms with Crippen LogP contribution in [0.1, 0.15) is 55.3 Å². The normalized spacial score (nSPS) is 22.0. The predicted octanol–water partition coefficient (Wildman–Crippen LogP) is 3.39. The van der Waals surface area contributed by atoms with E-state index < -0.39 is 6.10 Å². The highest BCUT2D eigenvalue weighted by Gasteiger charge is 2.35. The number of aliphatic hydroxyl groups is 1. The molecule has 44 heavy (non-hydrogen) atoms. The van der Waals surface area contributed by atoms with Crippen LogP contribution in [0.15, 0.2) is 55.1 Å². The highest BCUT2D eigenvalue weighted by Crippen LogP contribution is 2.29. The predicted molar refractivity (Wildman–Crippen MR) is 164 cm³/mol. The number of carbonyl (C=O) groups excluding carboxylic acids is 2. The number of hydrogen-bond donors (Lipinski definition) is 4. The monoisotopic (exact) mass is 618 g/mol. The summed E-state index contributed by atoms with van der Waals surface area (Å²) < 4.78 is 7.50. The molecule has 4 heterocycles. The van der Waals surface area contributed by atoms with Crippen molar-refractivity contribution in [2.45, 2.75) is 69.9 Å². The molecular formula is C31H35ClN8O4. The number of halogens is 1. The lowest BCUT2D eigenvalue weighted by Gasteiger charge is -2.36. The molecule has 12 nitrogen and oxygen atoms in total. The van der Waals surface area contributed by atoms with Gasteiger partial charge in [-0.15, -0.1) is 0 Å². The SMILES string of the molecule is C[C@@H](CNC(=O)c1ccc(Cl)cn1)N[C@H]1C[C@@H](C(=O)Nc2cc3cc(-c4cnc(CO[C@H]5CCC[C@@H]5O)nc4)ccn3n2)C1. The Bertz CT molecular complexity index is 1610. The Kier molecular flexibility index (Phi) is 9.12.